The number of aryl methyl sites for hydroxylation is 4. The van der Waals surface area contributed by atoms with Crippen molar-refractivity contribution < 1.29 is 0 Å². The fourth-order valence-corrected chi connectivity index (χ4v) is 4.03. The van der Waals surface area contributed by atoms with E-state index in [1.165, 1.54) is 28.3 Å². The third-order valence-corrected chi connectivity index (χ3v) is 5.41. The minimum atomic E-state index is 1.00. The molecule has 5 nitrogen and oxygen atoms in total. The molecule has 27 heavy (non-hydrogen) atoms. The second-order valence-electron chi connectivity index (χ2n) is 7.48. The van der Waals surface area contributed by atoms with Gasteiger partial charge in [-0.15, -0.1) is 0 Å². The molecule has 0 bridgehead atoms. The largest absolute Gasteiger partial charge is 0.326 e. The Morgan fingerprint density at radius 3 is 2.70 bits per heavy atom. The van der Waals surface area contributed by atoms with Crippen molar-refractivity contribution in [3.8, 4) is 11.1 Å². The topological polar surface area (TPSA) is 38.4 Å². The Morgan fingerprint density at radius 2 is 1.89 bits per heavy atom. The Hall–Kier alpha value is -3.08. The van der Waals surface area contributed by atoms with Crippen LogP contribution in [0.4, 0.5) is 11.5 Å². The van der Waals surface area contributed by atoms with Crippen molar-refractivity contribution >= 4 is 17.2 Å². The van der Waals surface area contributed by atoms with Crippen LogP contribution in [0.1, 0.15) is 23.2 Å². The van der Waals surface area contributed by atoms with E-state index in [2.05, 4.69) is 64.8 Å². The molecule has 136 valence electrons. The predicted molar refractivity (Wildman–Crippen MR) is 109 cm³/mol. The fraction of sp³-hybridized carbons (Fsp3) is 0.273. The summed E-state index contributed by atoms with van der Waals surface area (Å²) in [5.41, 5.74) is 8.33. The Kier molecular flexibility index (Phi) is 3.57. The number of nitrogens with zero attached hydrogens (tertiary/aromatic N) is 5. The summed E-state index contributed by atoms with van der Waals surface area (Å²) in [6, 6.07) is 10.9. The number of imidazole rings is 1. The van der Waals surface area contributed by atoms with Crippen molar-refractivity contribution in [2.24, 2.45) is 7.05 Å². The van der Waals surface area contributed by atoms with E-state index in [1.807, 2.05) is 24.1 Å². The molecule has 0 spiro atoms. The van der Waals surface area contributed by atoms with Gasteiger partial charge in [0.25, 0.3) is 0 Å². The first-order valence-electron chi connectivity index (χ1n) is 9.45. The number of aromatic nitrogens is 4. The lowest BCUT2D eigenvalue weighted by Crippen LogP contribution is -2.26. The van der Waals surface area contributed by atoms with Gasteiger partial charge in [-0.2, -0.15) is 5.10 Å². The van der Waals surface area contributed by atoms with Gasteiger partial charge in [0.05, 0.1) is 11.9 Å². The molecule has 5 rings (SSSR count). The molecule has 0 unspecified atom stereocenters. The molecule has 0 saturated carbocycles. The third-order valence-electron chi connectivity index (χ3n) is 5.41. The van der Waals surface area contributed by atoms with Gasteiger partial charge in [-0.25, -0.2) is 4.98 Å². The molecule has 0 saturated heterocycles. The van der Waals surface area contributed by atoms with Crippen LogP contribution >= 0.6 is 0 Å². The van der Waals surface area contributed by atoms with Crippen molar-refractivity contribution in [3.63, 3.8) is 0 Å². The molecule has 0 aliphatic carbocycles. The van der Waals surface area contributed by atoms with Crippen molar-refractivity contribution in [2.45, 2.75) is 26.7 Å². The smallest absolute Gasteiger partial charge is 0.141 e. The summed E-state index contributed by atoms with van der Waals surface area (Å²) in [5.74, 6) is 1.20. The molecule has 4 aromatic rings. The van der Waals surface area contributed by atoms with Crippen LogP contribution in [0.25, 0.3) is 16.8 Å². The van der Waals surface area contributed by atoms with E-state index in [9.17, 15) is 0 Å². The van der Waals surface area contributed by atoms with Gasteiger partial charge in [-0.3, -0.25) is 9.08 Å². The summed E-state index contributed by atoms with van der Waals surface area (Å²) in [4.78, 5) is 7.36. The standard InChI is InChI=1S/C22H23N5/c1-15-6-7-16(2)20(11-15)26-10-4-5-19-22(26)27-14-17(8-9-21(27)24-19)18-12-23-25(3)13-18/h6-9,11-14H,4-5,10H2,1-3H3. The third kappa shape index (κ3) is 2.62. The van der Waals surface area contributed by atoms with E-state index >= 15 is 0 Å². The first-order valence-corrected chi connectivity index (χ1v) is 9.45. The number of fused-ring (bicyclic) bond motifs is 3. The molecular weight excluding hydrogens is 334 g/mol. The molecule has 1 aliphatic rings. The Morgan fingerprint density at radius 1 is 1.00 bits per heavy atom. The van der Waals surface area contributed by atoms with Gasteiger partial charge < -0.3 is 4.90 Å². The fourth-order valence-electron chi connectivity index (χ4n) is 4.03. The van der Waals surface area contributed by atoms with Crippen LogP contribution in [-0.2, 0) is 13.5 Å². The van der Waals surface area contributed by atoms with Crippen LogP contribution in [0.5, 0.6) is 0 Å². The number of hydrogen-bond donors (Lipinski definition) is 0. The zero-order valence-electron chi connectivity index (χ0n) is 16.0. The van der Waals surface area contributed by atoms with Gasteiger partial charge in [0.15, 0.2) is 0 Å². The zero-order chi connectivity index (χ0) is 18.5. The molecule has 4 heterocycles. The van der Waals surface area contributed by atoms with E-state index in [-0.39, 0.29) is 0 Å². The second-order valence-corrected chi connectivity index (χ2v) is 7.48. The molecule has 5 heteroatoms. The summed E-state index contributed by atoms with van der Waals surface area (Å²) in [7, 11) is 1.95. The predicted octanol–water partition coefficient (Wildman–Crippen LogP) is 4.44. The molecule has 0 N–H and O–H groups in total. The van der Waals surface area contributed by atoms with Crippen molar-refractivity contribution in [1.82, 2.24) is 19.2 Å². The first kappa shape index (κ1) is 16.1. The average Bonchev–Trinajstić information content (AvgIpc) is 3.26. The molecule has 0 amide bonds. The maximum absolute atomic E-state index is 4.92. The number of hydrogen-bond acceptors (Lipinski definition) is 3. The molecule has 1 aromatic carbocycles. The van der Waals surface area contributed by atoms with Gasteiger partial charge in [-0.05, 0) is 56.0 Å². The van der Waals surface area contributed by atoms with Crippen LogP contribution in [-0.4, -0.2) is 25.7 Å². The van der Waals surface area contributed by atoms with Crippen molar-refractivity contribution in [3.05, 3.63) is 65.7 Å². The van der Waals surface area contributed by atoms with E-state index in [0.29, 0.717) is 0 Å². The van der Waals surface area contributed by atoms with Crippen molar-refractivity contribution in [1.29, 1.82) is 0 Å². The molecule has 0 atom stereocenters. The second kappa shape index (κ2) is 5.98. The monoisotopic (exact) mass is 357 g/mol. The van der Waals surface area contributed by atoms with Crippen LogP contribution < -0.4 is 4.90 Å². The van der Waals surface area contributed by atoms with E-state index in [1.54, 1.807) is 0 Å². The quantitative estimate of drug-likeness (QED) is 0.532. The van der Waals surface area contributed by atoms with Gasteiger partial charge in [0.1, 0.15) is 11.5 Å². The van der Waals surface area contributed by atoms with Gasteiger partial charge in [-0.1, -0.05) is 12.1 Å². The van der Waals surface area contributed by atoms with E-state index in [0.717, 1.165) is 36.2 Å². The van der Waals surface area contributed by atoms with Gasteiger partial charge in [0.2, 0.25) is 0 Å². The highest BCUT2D eigenvalue weighted by molar-refractivity contribution is 5.72. The highest BCUT2D eigenvalue weighted by Crippen LogP contribution is 2.37. The highest BCUT2D eigenvalue weighted by atomic mass is 15.3. The number of rotatable bonds is 2. The Balaban J connectivity index is 1.71. The molecular formula is C22H23N5. The lowest BCUT2D eigenvalue weighted by Gasteiger charge is -2.30. The molecule has 1 aliphatic heterocycles. The molecule has 3 aromatic heterocycles. The van der Waals surface area contributed by atoms with Crippen LogP contribution in [0.2, 0.25) is 0 Å². The normalized spacial score (nSPS) is 14.0. The maximum Gasteiger partial charge on any atom is 0.141 e. The summed E-state index contributed by atoms with van der Waals surface area (Å²) in [6.07, 6.45) is 8.31. The number of anilines is 2. The van der Waals surface area contributed by atoms with Gasteiger partial charge >= 0.3 is 0 Å². The lowest BCUT2D eigenvalue weighted by molar-refractivity contribution is 0.742. The SMILES string of the molecule is Cc1ccc(C)c(N2CCCc3nc4ccc(-c5cnn(C)c5)cn4c32)c1. The number of benzene rings is 1. The highest BCUT2D eigenvalue weighted by Gasteiger charge is 2.25. The van der Waals surface area contributed by atoms with Crippen LogP contribution in [0, 0.1) is 13.8 Å². The molecule has 0 radical (unpaired) electrons. The maximum atomic E-state index is 4.92. The van der Waals surface area contributed by atoms with Crippen LogP contribution in [0.15, 0.2) is 48.9 Å². The van der Waals surface area contributed by atoms with Crippen molar-refractivity contribution in [2.75, 3.05) is 11.4 Å². The summed E-state index contributed by atoms with van der Waals surface area (Å²) < 4.78 is 4.09. The average molecular weight is 357 g/mol. The van der Waals surface area contributed by atoms with E-state index in [4.69, 9.17) is 4.98 Å². The van der Waals surface area contributed by atoms with E-state index < -0.39 is 0 Å². The van der Waals surface area contributed by atoms with Crippen LogP contribution in [0.3, 0.4) is 0 Å². The first-order chi connectivity index (χ1) is 13.1. The minimum absolute atomic E-state index is 1.00. The minimum Gasteiger partial charge on any atom is -0.326 e. The summed E-state index contributed by atoms with van der Waals surface area (Å²) in [6.45, 7) is 5.36. The molecule has 0 fully saturated rings. The number of pyridine rings is 1. The van der Waals surface area contributed by atoms with Gasteiger partial charge in [0, 0.05) is 42.8 Å². The Labute approximate surface area is 158 Å². The Bertz CT molecular complexity index is 1150. The lowest BCUT2D eigenvalue weighted by atomic mass is 10.1. The zero-order valence-corrected chi connectivity index (χ0v) is 16.0. The summed E-state index contributed by atoms with van der Waals surface area (Å²) in [5, 5.41) is 4.31. The summed E-state index contributed by atoms with van der Waals surface area (Å²) >= 11 is 0.